The molecule has 7 nitrogen and oxygen atoms in total. The van der Waals surface area contributed by atoms with Crippen LogP contribution in [0.15, 0.2) is 47.5 Å². The third kappa shape index (κ3) is 2.89. The summed E-state index contributed by atoms with van der Waals surface area (Å²) in [6, 6.07) is 9.16. The van der Waals surface area contributed by atoms with Gasteiger partial charge in [0.2, 0.25) is 0 Å². The van der Waals surface area contributed by atoms with Crippen molar-refractivity contribution in [2.24, 2.45) is 0 Å². The number of fused-ring (bicyclic) bond motifs is 3. The molecule has 1 atom stereocenters. The molecule has 0 radical (unpaired) electrons. The summed E-state index contributed by atoms with van der Waals surface area (Å²) >= 11 is 5.94. The summed E-state index contributed by atoms with van der Waals surface area (Å²) in [5.74, 6) is 0.985. The van der Waals surface area contributed by atoms with Gasteiger partial charge in [0.15, 0.2) is 5.82 Å². The second-order valence-electron chi connectivity index (χ2n) is 6.62. The molecule has 0 N–H and O–H groups in total. The quantitative estimate of drug-likeness (QED) is 0.545. The van der Waals surface area contributed by atoms with E-state index in [-0.39, 0.29) is 11.7 Å². The summed E-state index contributed by atoms with van der Waals surface area (Å²) in [6.07, 6.45) is 5.48. The van der Waals surface area contributed by atoms with Crippen molar-refractivity contribution < 1.29 is 4.74 Å². The maximum atomic E-state index is 12.9. The van der Waals surface area contributed by atoms with Crippen molar-refractivity contribution >= 4 is 28.3 Å². The van der Waals surface area contributed by atoms with Crippen LogP contribution in [0.5, 0.6) is 0 Å². The SMILES string of the molecule is O=c1c2cnc3nc(-c4ccc(Cl)cc4)nn3c2ccn1C[C@H]1CCCO1. The van der Waals surface area contributed by atoms with Crippen molar-refractivity contribution in [2.45, 2.75) is 25.5 Å². The van der Waals surface area contributed by atoms with Gasteiger partial charge in [0, 0.05) is 29.6 Å². The molecule has 1 aromatic carbocycles. The fourth-order valence-electron chi connectivity index (χ4n) is 3.43. The topological polar surface area (TPSA) is 74.3 Å². The van der Waals surface area contributed by atoms with E-state index < -0.39 is 0 Å². The third-order valence-corrected chi connectivity index (χ3v) is 5.09. The fourth-order valence-corrected chi connectivity index (χ4v) is 3.56. The molecule has 1 fully saturated rings. The Morgan fingerprint density at radius 3 is 2.85 bits per heavy atom. The lowest BCUT2D eigenvalue weighted by Gasteiger charge is -2.12. The Hall–Kier alpha value is -2.77. The lowest BCUT2D eigenvalue weighted by atomic mass is 10.2. The standard InChI is InChI=1S/C19H16ClN5O2/c20-13-5-3-12(4-6-13)17-22-19-21-10-15-16(25(19)23-17)7-8-24(18(15)26)11-14-2-1-9-27-14/h3-8,10,14H,1-2,9,11H2/t14-/m1/s1. The lowest BCUT2D eigenvalue weighted by molar-refractivity contribution is 0.0963. The van der Waals surface area contributed by atoms with Gasteiger partial charge < -0.3 is 9.30 Å². The van der Waals surface area contributed by atoms with Crippen LogP contribution in [-0.2, 0) is 11.3 Å². The molecule has 0 saturated carbocycles. The van der Waals surface area contributed by atoms with Crippen molar-refractivity contribution in [3.8, 4) is 11.4 Å². The highest BCUT2D eigenvalue weighted by atomic mass is 35.5. The molecule has 1 saturated heterocycles. The second-order valence-corrected chi connectivity index (χ2v) is 7.06. The highest BCUT2D eigenvalue weighted by Crippen LogP contribution is 2.20. The number of pyridine rings is 1. The first kappa shape index (κ1) is 16.4. The largest absolute Gasteiger partial charge is 0.376 e. The molecule has 0 aliphatic carbocycles. The Bertz CT molecular complexity index is 1190. The Labute approximate surface area is 159 Å². The molecule has 0 spiro atoms. The number of halogens is 1. The predicted molar refractivity (Wildman–Crippen MR) is 102 cm³/mol. The Morgan fingerprint density at radius 2 is 2.07 bits per heavy atom. The first-order valence-electron chi connectivity index (χ1n) is 8.81. The van der Waals surface area contributed by atoms with Crippen molar-refractivity contribution in [3.63, 3.8) is 0 Å². The van der Waals surface area contributed by atoms with Crippen LogP contribution in [-0.4, -0.2) is 36.9 Å². The highest BCUT2D eigenvalue weighted by molar-refractivity contribution is 6.30. The fraction of sp³-hybridized carbons (Fsp3) is 0.263. The van der Waals surface area contributed by atoms with Crippen LogP contribution < -0.4 is 5.56 Å². The predicted octanol–water partition coefficient (Wildman–Crippen LogP) is 2.94. The Balaban J connectivity index is 1.61. The van der Waals surface area contributed by atoms with Gasteiger partial charge in [0.1, 0.15) is 0 Å². The van der Waals surface area contributed by atoms with E-state index in [0.29, 0.717) is 34.1 Å². The first-order valence-corrected chi connectivity index (χ1v) is 9.19. The third-order valence-electron chi connectivity index (χ3n) is 4.83. The Kier molecular flexibility index (Phi) is 3.91. The summed E-state index contributed by atoms with van der Waals surface area (Å²) in [4.78, 5) is 21.7. The van der Waals surface area contributed by atoms with Crippen molar-refractivity contribution in [2.75, 3.05) is 6.61 Å². The van der Waals surface area contributed by atoms with Gasteiger partial charge in [-0.1, -0.05) is 11.6 Å². The molecule has 5 rings (SSSR count). The summed E-state index contributed by atoms with van der Waals surface area (Å²) in [5.41, 5.74) is 1.42. The number of nitrogens with zero attached hydrogens (tertiary/aromatic N) is 5. The molecule has 1 aliphatic rings. The van der Waals surface area contributed by atoms with Crippen LogP contribution in [0.1, 0.15) is 12.8 Å². The molecular weight excluding hydrogens is 366 g/mol. The van der Waals surface area contributed by atoms with E-state index in [2.05, 4.69) is 15.1 Å². The maximum Gasteiger partial charge on any atom is 0.261 e. The minimum Gasteiger partial charge on any atom is -0.376 e. The van der Waals surface area contributed by atoms with Gasteiger partial charge in [-0.2, -0.15) is 9.50 Å². The van der Waals surface area contributed by atoms with E-state index >= 15 is 0 Å². The minimum atomic E-state index is -0.0963. The van der Waals surface area contributed by atoms with E-state index in [0.717, 1.165) is 25.0 Å². The van der Waals surface area contributed by atoms with Gasteiger partial charge in [-0.15, -0.1) is 5.10 Å². The number of benzene rings is 1. The van der Waals surface area contributed by atoms with Crippen molar-refractivity contribution in [1.29, 1.82) is 0 Å². The van der Waals surface area contributed by atoms with E-state index in [1.165, 1.54) is 0 Å². The highest BCUT2D eigenvalue weighted by Gasteiger charge is 2.18. The van der Waals surface area contributed by atoms with Crippen LogP contribution in [0.25, 0.3) is 28.1 Å². The molecule has 0 amide bonds. The van der Waals surface area contributed by atoms with Gasteiger partial charge in [0.05, 0.1) is 23.6 Å². The number of rotatable bonds is 3. The zero-order valence-corrected chi connectivity index (χ0v) is 15.1. The van der Waals surface area contributed by atoms with E-state index in [1.54, 1.807) is 33.6 Å². The van der Waals surface area contributed by atoms with Crippen LogP contribution in [0.3, 0.4) is 0 Å². The van der Waals surface area contributed by atoms with Gasteiger partial charge >= 0.3 is 0 Å². The molecule has 136 valence electrons. The molecule has 1 aliphatic heterocycles. The summed E-state index contributed by atoms with van der Waals surface area (Å²) < 4.78 is 8.93. The summed E-state index contributed by atoms with van der Waals surface area (Å²) in [5, 5.41) is 5.70. The van der Waals surface area contributed by atoms with Crippen LogP contribution in [0, 0.1) is 0 Å². The normalized spacial score (nSPS) is 17.1. The zero-order valence-electron chi connectivity index (χ0n) is 14.4. The van der Waals surface area contributed by atoms with Crippen LogP contribution in [0.2, 0.25) is 5.02 Å². The molecule has 0 unspecified atom stereocenters. The number of aromatic nitrogens is 5. The average molecular weight is 382 g/mol. The van der Waals surface area contributed by atoms with Crippen LogP contribution in [0.4, 0.5) is 0 Å². The van der Waals surface area contributed by atoms with Crippen molar-refractivity contribution in [3.05, 3.63) is 58.1 Å². The van der Waals surface area contributed by atoms with E-state index in [4.69, 9.17) is 16.3 Å². The smallest absolute Gasteiger partial charge is 0.261 e. The van der Waals surface area contributed by atoms with E-state index in [9.17, 15) is 4.79 Å². The number of ether oxygens (including phenoxy) is 1. The van der Waals surface area contributed by atoms with Gasteiger partial charge in [-0.3, -0.25) is 4.79 Å². The van der Waals surface area contributed by atoms with Crippen molar-refractivity contribution in [1.82, 2.24) is 24.1 Å². The lowest BCUT2D eigenvalue weighted by Crippen LogP contribution is -2.26. The van der Waals surface area contributed by atoms with Crippen LogP contribution >= 0.6 is 11.6 Å². The molecule has 4 heterocycles. The second kappa shape index (κ2) is 6.44. The molecular formula is C19H16ClN5O2. The zero-order chi connectivity index (χ0) is 18.4. The summed E-state index contributed by atoms with van der Waals surface area (Å²) in [7, 11) is 0. The average Bonchev–Trinajstić information content (AvgIpc) is 3.34. The van der Waals surface area contributed by atoms with Gasteiger partial charge in [-0.25, -0.2) is 4.98 Å². The van der Waals surface area contributed by atoms with Gasteiger partial charge in [-0.05, 0) is 43.2 Å². The molecule has 4 aromatic rings. The molecule has 0 bridgehead atoms. The first-order chi connectivity index (χ1) is 13.2. The Morgan fingerprint density at radius 1 is 1.22 bits per heavy atom. The van der Waals surface area contributed by atoms with Gasteiger partial charge in [0.25, 0.3) is 11.3 Å². The number of hydrogen-bond acceptors (Lipinski definition) is 5. The summed E-state index contributed by atoms with van der Waals surface area (Å²) in [6.45, 7) is 1.32. The van der Waals surface area contributed by atoms with E-state index in [1.807, 2.05) is 18.2 Å². The monoisotopic (exact) mass is 381 g/mol. The molecule has 8 heteroatoms. The molecule has 3 aromatic heterocycles. The maximum absolute atomic E-state index is 12.9. The molecule has 27 heavy (non-hydrogen) atoms. The minimum absolute atomic E-state index is 0.0963. The number of hydrogen-bond donors (Lipinski definition) is 0.